The molecule has 12 heavy (non-hydrogen) atoms. The van der Waals surface area contributed by atoms with Crippen molar-refractivity contribution in [2.75, 3.05) is 6.61 Å². The van der Waals surface area contributed by atoms with Crippen LogP contribution in [0.4, 0.5) is 0 Å². The SMILES string of the molecule is CC1=C2CC[C@@H]3OC[C@H](CC1)[C@H]23. The molecule has 1 nitrogen and oxygen atoms in total. The monoisotopic (exact) mass is 164 g/mol. The molecule has 1 aliphatic heterocycles. The zero-order valence-electron chi connectivity index (χ0n) is 7.68. The molecule has 3 rings (SSSR count). The molecule has 1 heterocycles. The number of hydrogen-bond donors (Lipinski definition) is 0. The second-order valence-corrected chi connectivity index (χ2v) is 4.54. The van der Waals surface area contributed by atoms with Gasteiger partial charge in [0.15, 0.2) is 0 Å². The zero-order chi connectivity index (χ0) is 8.13. The van der Waals surface area contributed by atoms with E-state index in [1.807, 2.05) is 0 Å². The van der Waals surface area contributed by atoms with E-state index in [4.69, 9.17) is 4.74 Å². The van der Waals surface area contributed by atoms with Crippen molar-refractivity contribution >= 4 is 0 Å². The summed E-state index contributed by atoms with van der Waals surface area (Å²) in [4.78, 5) is 0. The lowest BCUT2D eigenvalue weighted by atomic mass is 9.78. The van der Waals surface area contributed by atoms with Crippen LogP contribution in [-0.2, 0) is 4.74 Å². The van der Waals surface area contributed by atoms with Crippen molar-refractivity contribution in [3.8, 4) is 0 Å². The lowest BCUT2D eigenvalue weighted by Crippen LogP contribution is -2.20. The van der Waals surface area contributed by atoms with Crippen molar-refractivity contribution < 1.29 is 4.74 Å². The molecule has 1 heteroatoms. The van der Waals surface area contributed by atoms with E-state index in [0.29, 0.717) is 6.10 Å². The van der Waals surface area contributed by atoms with Gasteiger partial charge in [-0.2, -0.15) is 0 Å². The second kappa shape index (κ2) is 2.35. The van der Waals surface area contributed by atoms with Gasteiger partial charge in [0.25, 0.3) is 0 Å². The maximum absolute atomic E-state index is 5.80. The molecule has 0 amide bonds. The van der Waals surface area contributed by atoms with Crippen LogP contribution in [0.2, 0.25) is 0 Å². The molecule has 1 saturated carbocycles. The molecular formula is C11H16O. The smallest absolute Gasteiger partial charge is 0.0647 e. The van der Waals surface area contributed by atoms with Crippen molar-refractivity contribution in [1.82, 2.24) is 0 Å². The Labute approximate surface area is 73.8 Å². The highest BCUT2D eigenvalue weighted by atomic mass is 16.5. The van der Waals surface area contributed by atoms with Gasteiger partial charge in [-0.25, -0.2) is 0 Å². The van der Waals surface area contributed by atoms with Gasteiger partial charge in [-0.15, -0.1) is 0 Å². The summed E-state index contributed by atoms with van der Waals surface area (Å²) in [5.74, 6) is 1.73. The van der Waals surface area contributed by atoms with Crippen LogP contribution in [0.1, 0.15) is 32.6 Å². The van der Waals surface area contributed by atoms with Crippen molar-refractivity contribution in [3.05, 3.63) is 11.1 Å². The summed E-state index contributed by atoms with van der Waals surface area (Å²) in [6.45, 7) is 3.37. The van der Waals surface area contributed by atoms with Gasteiger partial charge < -0.3 is 4.74 Å². The number of hydrogen-bond acceptors (Lipinski definition) is 1. The molecule has 2 fully saturated rings. The van der Waals surface area contributed by atoms with E-state index >= 15 is 0 Å². The van der Waals surface area contributed by atoms with Gasteiger partial charge in [0.2, 0.25) is 0 Å². The summed E-state index contributed by atoms with van der Waals surface area (Å²) in [6.07, 6.45) is 5.97. The standard InChI is InChI=1S/C11H16O/c1-7-2-3-8-6-12-10-5-4-9(7)11(8)10/h8,10-11H,2-6H2,1H3/t8-,10-,11+/m0/s1. The molecule has 0 aromatic rings. The van der Waals surface area contributed by atoms with E-state index in [2.05, 4.69) is 6.92 Å². The molecule has 0 radical (unpaired) electrons. The third-order valence-electron chi connectivity index (χ3n) is 3.97. The summed E-state index contributed by atoms with van der Waals surface area (Å²) in [5, 5.41) is 0. The average Bonchev–Trinajstić information content (AvgIpc) is 2.61. The summed E-state index contributed by atoms with van der Waals surface area (Å²) < 4.78 is 5.80. The second-order valence-electron chi connectivity index (χ2n) is 4.54. The normalized spacial score (nSPS) is 45.2. The first kappa shape index (κ1) is 7.14. The third-order valence-corrected chi connectivity index (χ3v) is 3.97. The molecule has 0 N–H and O–H groups in total. The lowest BCUT2D eigenvalue weighted by Gasteiger charge is -2.25. The molecule has 3 atom stereocenters. The van der Waals surface area contributed by atoms with Gasteiger partial charge in [-0.1, -0.05) is 11.1 Å². The molecule has 1 saturated heterocycles. The van der Waals surface area contributed by atoms with Gasteiger partial charge in [-0.05, 0) is 38.5 Å². The minimum atomic E-state index is 0.611. The molecule has 0 aromatic heterocycles. The highest BCUT2D eigenvalue weighted by Crippen LogP contribution is 2.49. The van der Waals surface area contributed by atoms with E-state index in [1.54, 1.807) is 11.1 Å². The highest BCUT2D eigenvalue weighted by molar-refractivity contribution is 5.26. The zero-order valence-corrected chi connectivity index (χ0v) is 7.68. The van der Waals surface area contributed by atoms with E-state index < -0.39 is 0 Å². The van der Waals surface area contributed by atoms with E-state index in [1.165, 1.54) is 25.7 Å². The fourth-order valence-corrected chi connectivity index (χ4v) is 3.32. The summed E-state index contributed by atoms with van der Waals surface area (Å²) in [7, 11) is 0. The lowest BCUT2D eigenvalue weighted by molar-refractivity contribution is 0.101. The van der Waals surface area contributed by atoms with Crippen LogP contribution < -0.4 is 0 Å². The van der Waals surface area contributed by atoms with E-state index in [0.717, 1.165) is 18.4 Å². The Hall–Kier alpha value is -0.300. The molecule has 0 spiro atoms. The largest absolute Gasteiger partial charge is 0.377 e. The molecule has 66 valence electrons. The predicted molar refractivity (Wildman–Crippen MR) is 47.9 cm³/mol. The first-order valence-corrected chi connectivity index (χ1v) is 5.16. The van der Waals surface area contributed by atoms with Gasteiger partial charge in [0, 0.05) is 5.92 Å². The quantitative estimate of drug-likeness (QED) is 0.500. The van der Waals surface area contributed by atoms with Gasteiger partial charge in [0.05, 0.1) is 12.7 Å². The Morgan fingerprint density at radius 1 is 1.25 bits per heavy atom. The third kappa shape index (κ3) is 0.779. The first-order chi connectivity index (χ1) is 5.86. The van der Waals surface area contributed by atoms with E-state index in [-0.39, 0.29) is 0 Å². The summed E-state index contributed by atoms with van der Waals surface area (Å²) >= 11 is 0. The van der Waals surface area contributed by atoms with Crippen molar-refractivity contribution in [3.63, 3.8) is 0 Å². The summed E-state index contributed by atoms with van der Waals surface area (Å²) in [5.41, 5.74) is 3.46. The Kier molecular flexibility index (Phi) is 1.40. The fraction of sp³-hybridized carbons (Fsp3) is 0.818. The summed E-state index contributed by atoms with van der Waals surface area (Å²) in [6, 6.07) is 0. The van der Waals surface area contributed by atoms with Gasteiger partial charge in [-0.3, -0.25) is 0 Å². The maximum Gasteiger partial charge on any atom is 0.0647 e. The van der Waals surface area contributed by atoms with Crippen LogP contribution in [0.5, 0.6) is 0 Å². The number of rotatable bonds is 0. The Bertz CT molecular complexity index is 241. The molecule has 0 aromatic carbocycles. The minimum absolute atomic E-state index is 0.611. The van der Waals surface area contributed by atoms with Crippen LogP contribution in [0, 0.1) is 11.8 Å². The van der Waals surface area contributed by atoms with Crippen LogP contribution in [-0.4, -0.2) is 12.7 Å². The average molecular weight is 164 g/mol. The van der Waals surface area contributed by atoms with Crippen LogP contribution in [0.15, 0.2) is 11.1 Å². The maximum atomic E-state index is 5.80. The number of ether oxygens (including phenoxy) is 1. The van der Waals surface area contributed by atoms with E-state index in [9.17, 15) is 0 Å². The first-order valence-electron chi connectivity index (χ1n) is 5.16. The van der Waals surface area contributed by atoms with Crippen molar-refractivity contribution in [2.45, 2.75) is 38.7 Å². The molecule has 0 unspecified atom stereocenters. The number of allylic oxidation sites excluding steroid dienone is 1. The Morgan fingerprint density at radius 2 is 2.17 bits per heavy atom. The Morgan fingerprint density at radius 3 is 3.08 bits per heavy atom. The van der Waals surface area contributed by atoms with Crippen molar-refractivity contribution in [1.29, 1.82) is 0 Å². The van der Waals surface area contributed by atoms with Crippen LogP contribution in [0.25, 0.3) is 0 Å². The molecule has 0 bridgehead atoms. The van der Waals surface area contributed by atoms with Crippen molar-refractivity contribution in [2.24, 2.45) is 11.8 Å². The minimum Gasteiger partial charge on any atom is -0.377 e. The Balaban J connectivity index is 2.03. The molecule has 3 aliphatic rings. The van der Waals surface area contributed by atoms with Gasteiger partial charge >= 0.3 is 0 Å². The highest BCUT2D eigenvalue weighted by Gasteiger charge is 2.45. The van der Waals surface area contributed by atoms with Gasteiger partial charge in [0.1, 0.15) is 0 Å². The fourth-order valence-electron chi connectivity index (χ4n) is 3.32. The topological polar surface area (TPSA) is 9.23 Å². The van der Waals surface area contributed by atoms with Crippen LogP contribution in [0.3, 0.4) is 0 Å². The van der Waals surface area contributed by atoms with Crippen LogP contribution >= 0.6 is 0 Å². The predicted octanol–water partition coefficient (Wildman–Crippen LogP) is 2.52. The molecule has 2 aliphatic carbocycles. The molecular weight excluding hydrogens is 148 g/mol.